The van der Waals surface area contributed by atoms with Crippen LogP contribution in [0, 0.1) is 40.9 Å². The molecule has 7 heteroatoms. The lowest BCUT2D eigenvalue weighted by Crippen LogP contribution is -2.46. The summed E-state index contributed by atoms with van der Waals surface area (Å²) < 4.78 is 5.32. The number of nitrogens with zero attached hydrogens (tertiary/aromatic N) is 3. The van der Waals surface area contributed by atoms with Crippen LogP contribution in [-0.4, -0.2) is 40.7 Å². The normalized spacial score (nSPS) is 34.6. The molecule has 3 fully saturated rings. The van der Waals surface area contributed by atoms with E-state index < -0.39 is 5.54 Å². The summed E-state index contributed by atoms with van der Waals surface area (Å²) in [5.41, 5.74) is 1.27. The van der Waals surface area contributed by atoms with Crippen LogP contribution < -0.4 is 4.74 Å². The SMILES string of the molecule is CC(C)(C)N1C(=O)[C@@H]2[C@@H]3C[C@@H]([C@H]4ON=C(c5ccc(OCC#N)cc5)[C@@H]34)[C@@H]2C1=O. The molecule has 2 aliphatic carbocycles. The first kappa shape index (κ1) is 18.2. The maximum atomic E-state index is 13.2. The third-order valence-electron chi connectivity index (χ3n) is 6.81. The number of carbonyl (C=O) groups excluding carboxylic acids is 2. The maximum Gasteiger partial charge on any atom is 0.234 e. The first-order valence-electron chi connectivity index (χ1n) is 10.0. The van der Waals surface area contributed by atoms with Gasteiger partial charge in [0.25, 0.3) is 0 Å². The molecule has 0 N–H and O–H groups in total. The van der Waals surface area contributed by atoms with Crippen LogP contribution in [-0.2, 0) is 14.4 Å². The predicted octanol–water partition coefficient (Wildman–Crippen LogP) is 2.36. The molecule has 1 aromatic rings. The molecule has 7 nitrogen and oxygen atoms in total. The molecule has 1 saturated heterocycles. The topological polar surface area (TPSA) is 92.0 Å². The summed E-state index contributed by atoms with van der Waals surface area (Å²) in [6, 6.07) is 9.38. The van der Waals surface area contributed by atoms with E-state index in [1.54, 1.807) is 0 Å². The summed E-state index contributed by atoms with van der Waals surface area (Å²) in [6.07, 6.45) is 0.699. The Kier molecular flexibility index (Phi) is 3.79. The van der Waals surface area contributed by atoms with E-state index in [0.29, 0.717) is 5.75 Å². The van der Waals surface area contributed by atoms with Crippen molar-refractivity contribution >= 4 is 17.5 Å². The zero-order valence-electron chi connectivity index (χ0n) is 16.7. The molecule has 2 amide bonds. The third kappa shape index (κ3) is 2.44. The molecule has 0 unspecified atom stereocenters. The lowest BCUT2D eigenvalue weighted by molar-refractivity contribution is -0.146. The van der Waals surface area contributed by atoms with E-state index in [4.69, 9.17) is 14.8 Å². The Balaban J connectivity index is 1.42. The molecule has 150 valence electrons. The average molecular weight is 393 g/mol. The highest BCUT2D eigenvalue weighted by Crippen LogP contribution is 2.62. The fourth-order valence-electron chi connectivity index (χ4n) is 5.86. The second-order valence-electron chi connectivity index (χ2n) is 9.34. The van der Waals surface area contributed by atoms with E-state index in [1.807, 2.05) is 51.1 Å². The van der Waals surface area contributed by atoms with Crippen molar-refractivity contribution in [2.24, 2.45) is 34.7 Å². The molecule has 0 spiro atoms. The quantitative estimate of drug-likeness (QED) is 0.735. The standard InChI is InChI=1S/C22H23N3O4/c1-22(2,3)25-20(26)15-13-10-14(16(15)21(25)27)19-17(13)18(24-29-19)11-4-6-12(7-5-11)28-9-8-23/h4-7,13-17,19H,9-10H2,1-3H3/t13-,14+,15+,16-,17+,19+/m0/s1. The minimum absolute atomic E-state index is 0.00133. The van der Waals surface area contributed by atoms with Crippen molar-refractivity contribution in [1.29, 1.82) is 5.26 Å². The molecular weight excluding hydrogens is 370 g/mol. The molecule has 1 aromatic carbocycles. The fourth-order valence-corrected chi connectivity index (χ4v) is 5.86. The van der Waals surface area contributed by atoms with E-state index in [0.717, 1.165) is 17.7 Å². The first-order valence-corrected chi connectivity index (χ1v) is 10.0. The van der Waals surface area contributed by atoms with Gasteiger partial charge in [0.1, 0.15) is 17.9 Å². The van der Waals surface area contributed by atoms with Gasteiger partial charge in [-0.25, -0.2) is 0 Å². The maximum absolute atomic E-state index is 13.2. The lowest BCUT2D eigenvalue weighted by atomic mass is 9.71. The van der Waals surface area contributed by atoms with E-state index in [1.165, 1.54) is 4.90 Å². The van der Waals surface area contributed by atoms with Crippen molar-refractivity contribution < 1.29 is 19.2 Å². The Morgan fingerprint density at radius 1 is 1.14 bits per heavy atom. The number of oxime groups is 1. The first-order chi connectivity index (χ1) is 13.8. The number of benzene rings is 1. The van der Waals surface area contributed by atoms with Crippen molar-refractivity contribution in [3.05, 3.63) is 29.8 Å². The van der Waals surface area contributed by atoms with Gasteiger partial charge in [0, 0.05) is 22.9 Å². The van der Waals surface area contributed by atoms with Crippen LogP contribution in [0.4, 0.5) is 0 Å². The number of rotatable bonds is 3. The smallest absolute Gasteiger partial charge is 0.234 e. The second kappa shape index (κ2) is 6.06. The summed E-state index contributed by atoms with van der Waals surface area (Å²) in [7, 11) is 0. The van der Waals surface area contributed by atoms with E-state index >= 15 is 0 Å². The van der Waals surface area contributed by atoms with Crippen molar-refractivity contribution in [1.82, 2.24) is 4.90 Å². The zero-order valence-corrected chi connectivity index (χ0v) is 16.7. The summed E-state index contributed by atoms with van der Waals surface area (Å²) in [6.45, 7) is 5.73. The molecule has 0 aromatic heterocycles. The molecule has 2 heterocycles. The van der Waals surface area contributed by atoms with Crippen LogP contribution in [0.15, 0.2) is 29.4 Å². The average Bonchev–Trinajstić information content (AvgIpc) is 3.39. The van der Waals surface area contributed by atoms with Crippen molar-refractivity contribution in [2.45, 2.75) is 38.8 Å². The van der Waals surface area contributed by atoms with Gasteiger partial charge in [0.15, 0.2) is 6.61 Å². The Morgan fingerprint density at radius 2 is 1.79 bits per heavy atom. The van der Waals surface area contributed by atoms with Gasteiger partial charge in [-0.1, -0.05) is 5.16 Å². The Labute approximate surface area is 169 Å². The van der Waals surface area contributed by atoms with Gasteiger partial charge in [-0.05, 0) is 57.4 Å². The number of fused-ring (bicyclic) bond motifs is 8. The Morgan fingerprint density at radius 3 is 2.41 bits per heavy atom. The highest BCUT2D eigenvalue weighted by molar-refractivity contribution is 6.09. The highest BCUT2D eigenvalue weighted by atomic mass is 16.6. The molecular formula is C22H23N3O4. The van der Waals surface area contributed by atoms with Gasteiger partial charge in [-0.15, -0.1) is 0 Å². The molecule has 29 heavy (non-hydrogen) atoms. The fraction of sp³-hybridized carbons (Fsp3) is 0.545. The van der Waals surface area contributed by atoms with Crippen molar-refractivity contribution in [3.63, 3.8) is 0 Å². The van der Waals surface area contributed by atoms with E-state index in [2.05, 4.69) is 5.16 Å². The van der Waals surface area contributed by atoms with E-state index in [9.17, 15) is 9.59 Å². The van der Waals surface area contributed by atoms with Crippen molar-refractivity contribution in [3.8, 4) is 11.8 Å². The van der Waals surface area contributed by atoms with Crippen LogP contribution >= 0.6 is 0 Å². The molecule has 6 atom stereocenters. The number of hydrogen-bond acceptors (Lipinski definition) is 6. The summed E-state index contributed by atoms with van der Waals surface area (Å²) in [5.74, 6) is 0.148. The van der Waals surface area contributed by atoms with Gasteiger partial charge in [-0.2, -0.15) is 5.26 Å². The summed E-state index contributed by atoms with van der Waals surface area (Å²) in [5, 5.41) is 13.0. The largest absolute Gasteiger partial charge is 0.479 e. The Bertz CT molecular complexity index is 956. The van der Waals surface area contributed by atoms with Crippen LogP contribution in [0.2, 0.25) is 0 Å². The molecule has 4 aliphatic rings. The summed E-state index contributed by atoms with van der Waals surface area (Å²) in [4.78, 5) is 33.6. The minimum atomic E-state index is -0.510. The number of nitriles is 1. The lowest BCUT2D eigenvalue weighted by Gasteiger charge is -2.31. The summed E-state index contributed by atoms with van der Waals surface area (Å²) >= 11 is 0. The second-order valence-corrected chi connectivity index (χ2v) is 9.34. The molecule has 5 rings (SSSR count). The van der Waals surface area contributed by atoms with Crippen molar-refractivity contribution in [2.75, 3.05) is 6.61 Å². The van der Waals surface area contributed by atoms with Crippen LogP contribution in [0.1, 0.15) is 32.8 Å². The van der Waals surface area contributed by atoms with Gasteiger partial charge in [0.2, 0.25) is 11.8 Å². The molecule has 2 aliphatic heterocycles. The van der Waals surface area contributed by atoms with Gasteiger partial charge >= 0.3 is 0 Å². The predicted molar refractivity (Wildman–Crippen MR) is 103 cm³/mol. The third-order valence-corrected chi connectivity index (χ3v) is 6.81. The number of amides is 2. The number of likely N-dealkylation sites (tertiary alicyclic amines) is 1. The van der Waals surface area contributed by atoms with Gasteiger partial charge in [0.05, 0.1) is 17.5 Å². The van der Waals surface area contributed by atoms with Crippen LogP contribution in [0.3, 0.4) is 0 Å². The number of imide groups is 1. The molecule has 2 saturated carbocycles. The molecule has 0 radical (unpaired) electrons. The van der Waals surface area contributed by atoms with E-state index in [-0.39, 0.29) is 54.1 Å². The Hall–Kier alpha value is -2.88. The zero-order chi connectivity index (χ0) is 20.5. The number of ether oxygens (including phenoxy) is 1. The number of carbonyl (C=O) groups is 2. The van der Waals surface area contributed by atoms with Gasteiger partial charge in [-0.3, -0.25) is 14.5 Å². The van der Waals surface area contributed by atoms with Crippen LogP contribution in [0.5, 0.6) is 5.75 Å². The molecule has 2 bridgehead atoms. The highest BCUT2D eigenvalue weighted by Gasteiger charge is 2.71. The van der Waals surface area contributed by atoms with Crippen LogP contribution in [0.25, 0.3) is 0 Å². The van der Waals surface area contributed by atoms with Gasteiger partial charge < -0.3 is 9.57 Å². The monoisotopic (exact) mass is 393 g/mol. The minimum Gasteiger partial charge on any atom is -0.479 e. The number of hydrogen-bond donors (Lipinski definition) is 0.